The zero-order valence-corrected chi connectivity index (χ0v) is 9.64. The third-order valence-corrected chi connectivity index (χ3v) is 1.41. The number of hydrogen-bond donors (Lipinski definition) is 1. The minimum Gasteiger partial charge on any atom is -0.545 e. The van der Waals surface area contributed by atoms with Crippen LogP contribution in [0.3, 0.4) is 0 Å². The van der Waals surface area contributed by atoms with Crippen molar-refractivity contribution in [1.29, 1.82) is 0 Å². The fourth-order valence-electron chi connectivity index (χ4n) is 0.897. The van der Waals surface area contributed by atoms with Gasteiger partial charge in [-0.25, -0.2) is 4.79 Å². The predicted octanol–water partition coefficient (Wildman–Crippen LogP) is -4.57. The molecule has 0 fully saturated rings. The Bertz CT molecular complexity index is 353. The summed E-state index contributed by atoms with van der Waals surface area (Å²) in [4.78, 5) is 20.6. The van der Waals surface area contributed by atoms with E-state index in [1.807, 2.05) is 0 Å². The Balaban J connectivity index is 0.00000169. The number of pyridine rings is 1. The van der Waals surface area contributed by atoms with Gasteiger partial charge in [-0.05, 0) is 6.07 Å². The summed E-state index contributed by atoms with van der Waals surface area (Å²) in [6.07, 6.45) is 2.68. The molecule has 0 radical (unpaired) electrons. The van der Waals surface area contributed by atoms with Gasteiger partial charge in [0.05, 0.1) is 11.5 Å². The summed E-state index contributed by atoms with van der Waals surface area (Å²) >= 11 is 0. The number of aromatic carboxylic acids is 1. The Labute approximate surface area is 102 Å². The first-order valence-corrected chi connectivity index (χ1v) is 3.52. The molecule has 6 heteroatoms. The molecule has 0 aromatic carbocycles. The second-order valence-corrected chi connectivity index (χ2v) is 2.45. The maximum Gasteiger partial charge on any atom is 1.00 e. The monoisotopic (exact) mass is 204 g/mol. The average Bonchev–Trinajstić information content (AvgIpc) is 2.03. The Kier molecular flexibility index (Phi) is 5.37. The third-order valence-electron chi connectivity index (χ3n) is 1.41. The topological polar surface area (TPSA) is 81.3 Å². The Morgan fingerprint density at radius 3 is 2.64 bits per heavy atom. The van der Waals surface area contributed by atoms with Gasteiger partial charge in [-0.15, -0.1) is 0 Å². The van der Waals surface area contributed by atoms with E-state index < -0.39 is 11.9 Å². The van der Waals surface area contributed by atoms with E-state index in [4.69, 9.17) is 5.11 Å². The molecule has 0 spiro atoms. The minimum absolute atomic E-state index is 0. The maximum atomic E-state index is 10.4. The number of nitrogens with zero attached hydrogens (tertiary/aromatic N) is 1. The van der Waals surface area contributed by atoms with E-state index in [0.717, 1.165) is 0 Å². The van der Waals surface area contributed by atoms with Crippen LogP contribution in [0.1, 0.15) is 10.4 Å². The van der Waals surface area contributed by atoms with Gasteiger partial charge in [-0.3, -0.25) is 0 Å². The molecule has 68 valence electrons. The maximum absolute atomic E-state index is 10.4. The number of hydrogen-bond acceptors (Lipinski definition) is 3. The van der Waals surface area contributed by atoms with Crippen molar-refractivity contribution in [2.75, 3.05) is 0 Å². The first-order chi connectivity index (χ1) is 6.09. The average molecular weight is 204 g/mol. The van der Waals surface area contributed by atoms with Crippen LogP contribution < -0.4 is 39.2 Å². The number of rotatable bonds is 3. The van der Waals surface area contributed by atoms with Crippen molar-refractivity contribution in [2.45, 2.75) is 6.54 Å². The molecule has 0 aliphatic rings. The number of carbonyl (C=O) groups excluding carboxylic acids is 1. The molecule has 1 aromatic heterocycles. The van der Waals surface area contributed by atoms with Gasteiger partial charge < -0.3 is 15.0 Å². The molecule has 1 rings (SSSR count). The largest absolute Gasteiger partial charge is 1.00 e. The van der Waals surface area contributed by atoms with Gasteiger partial charge in [0.25, 0.3) is 0 Å². The molecule has 1 heterocycles. The van der Waals surface area contributed by atoms with Crippen LogP contribution in [0, 0.1) is 0 Å². The van der Waals surface area contributed by atoms with E-state index in [9.17, 15) is 14.7 Å². The number of carboxylic acid groups (broad SMARTS) is 2. The fraction of sp³-hybridized carbons (Fsp3) is 0.125. The van der Waals surface area contributed by atoms with Crippen molar-refractivity contribution in [3.05, 3.63) is 30.1 Å². The SMILES string of the molecule is O=C(O)C[n+]1cccc(C(=O)[O-])c1.[Na+]. The molecule has 14 heavy (non-hydrogen) atoms. The third kappa shape index (κ3) is 3.87. The summed E-state index contributed by atoms with van der Waals surface area (Å²) in [6.45, 7) is -0.263. The van der Waals surface area contributed by atoms with Crippen LogP contribution >= 0.6 is 0 Å². The Morgan fingerprint density at radius 1 is 1.50 bits per heavy atom. The molecule has 0 saturated carbocycles. The van der Waals surface area contributed by atoms with Crippen LogP contribution in [0.2, 0.25) is 0 Å². The van der Waals surface area contributed by atoms with Gasteiger partial charge in [0, 0.05) is 6.07 Å². The Morgan fingerprint density at radius 2 is 2.14 bits per heavy atom. The van der Waals surface area contributed by atoms with Gasteiger partial charge in [0.15, 0.2) is 12.4 Å². The summed E-state index contributed by atoms with van der Waals surface area (Å²) in [5, 5.41) is 18.8. The summed E-state index contributed by atoms with van der Waals surface area (Å²) < 4.78 is 1.26. The number of carboxylic acids is 2. The van der Waals surface area contributed by atoms with Crippen LogP contribution in [-0.2, 0) is 11.3 Å². The van der Waals surface area contributed by atoms with Crippen molar-refractivity contribution in [1.82, 2.24) is 0 Å². The molecule has 0 aliphatic heterocycles. The second kappa shape index (κ2) is 5.74. The molecule has 1 N–H and O–H groups in total. The van der Waals surface area contributed by atoms with Crippen LogP contribution in [0.25, 0.3) is 0 Å². The Hall–Kier alpha value is -0.910. The molecule has 0 saturated heterocycles. The zero-order valence-electron chi connectivity index (χ0n) is 7.64. The molecule has 0 aliphatic carbocycles. The summed E-state index contributed by atoms with van der Waals surface area (Å²) in [6, 6.07) is 2.79. The van der Waals surface area contributed by atoms with E-state index in [0.29, 0.717) is 0 Å². The van der Waals surface area contributed by atoms with Crippen LogP contribution in [0.4, 0.5) is 0 Å². The van der Waals surface area contributed by atoms with Crippen molar-refractivity contribution in [2.24, 2.45) is 0 Å². The van der Waals surface area contributed by atoms with Gasteiger partial charge in [0.1, 0.15) is 0 Å². The molecular weight excluding hydrogens is 197 g/mol. The number of aliphatic carboxylic acids is 1. The molecule has 0 amide bonds. The standard InChI is InChI=1S/C8H7NO4.Na/c10-7(11)5-9-3-1-2-6(4-9)8(12)13;/h1-4H,5H2,(H-,10,11,12,13);/q;+1. The van der Waals surface area contributed by atoms with Crippen LogP contribution in [0.5, 0.6) is 0 Å². The second-order valence-electron chi connectivity index (χ2n) is 2.45. The molecule has 0 atom stereocenters. The van der Waals surface area contributed by atoms with Gasteiger partial charge in [0.2, 0.25) is 6.54 Å². The smallest absolute Gasteiger partial charge is 0.545 e. The van der Waals surface area contributed by atoms with Crippen molar-refractivity contribution in [3.63, 3.8) is 0 Å². The van der Waals surface area contributed by atoms with Gasteiger partial charge >= 0.3 is 35.5 Å². The van der Waals surface area contributed by atoms with E-state index in [1.54, 1.807) is 0 Å². The number of aromatic nitrogens is 1. The van der Waals surface area contributed by atoms with E-state index in [1.165, 1.54) is 29.1 Å². The molecule has 0 bridgehead atoms. The first kappa shape index (κ1) is 13.1. The zero-order chi connectivity index (χ0) is 9.84. The first-order valence-electron chi connectivity index (χ1n) is 3.52. The fourth-order valence-corrected chi connectivity index (χ4v) is 0.897. The molecule has 1 aromatic rings. The van der Waals surface area contributed by atoms with Crippen molar-refractivity contribution in [3.8, 4) is 0 Å². The summed E-state index contributed by atoms with van der Waals surface area (Å²) in [5.41, 5.74) is -0.0382. The van der Waals surface area contributed by atoms with E-state index >= 15 is 0 Å². The normalized spacial score (nSPS) is 8.86. The predicted molar refractivity (Wildman–Crippen MR) is 38.6 cm³/mol. The van der Waals surface area contributed by atoms with Crippen LogP contribution in [-0.4, -0.2) is 17.0 Å². The van der Waals surface area contributed by atoms with E-state index in [-0.39, 0.29) is 41.7 Å². The number of carbonyl (C=O) groups is 2. The quantitative estimate of drug-likeness (QED) is 0.397. The van der Waals surface area contributed by atoms with Gasteiger partial charge in [-0.2, -0.15) is 4.57 Å². The summed E-state index contributed by atoms with van der Waals surface area (Å²) in [5.74, 6) is -2.35. The minimum atomic E-state index is -1.32. The van der Waals surface area contributed by atoms with Gasteiger partial charge in [-0.1, -0.05) is 0 Å². The summed E-state index contributed by atoms with van der Waals surface area (Å²) in [7, 11) is 0. The van der Waals surface area contributed by atoms with Crippen molar-refractivity contribution >= 4 is 11.9 Å². The van der Waals surface area contributed by atoms with E-state index in [2.05, 4.69) is 0 Å². The van der Waals surface area contributed by atoms with Crippen molar-refractivity contribution < 1.29 is 53.9 Å². The molecular formula is C8H7NNaO4+. The molecule has 5 nitrogen and oxygen atoms in total. The molecule has 0 unspecified atom stereocenters. The van der Waals surface area contributed by atoms with Crippen LogP contribution in [0.15, 0.2) is 24.5 Å².